The first-order valence-corrected chi connectivity index (χ1v) is 24.7. The second-order valence-corrected chi connectivity index (χ2v) is 20.1. The van der Waals surface area contributed by atoms with E-state index in [9.17, 15) is 33.6 Å². The molecule has 3 aromatic heterocycles. The SMILES string of the molecule is CC(C)(C(=O)Cl)c1ccccc1.CC(C)(C(=O)O)c1ccccc1.CC(C)(N=C=O)c1ccccc1.CC(C)(N=C=O)c1ccccc1.CC(C)(c1ccccc1)n1nnc2c(C(N)=O)ncn2c1=O.N=Nc1nc[nH]c1C(N)=O. The standard InChI is InChI=1S/C14H14N6O2.C10H11ClO.2C10H11NO.C10H12O2.C4H5N5O/c1-14(2,9-6-4-3-5-7-9)20-13(22)19-8-16-10(11(15)21)12(19)17-18-20;1-10(2,9(11)12)8-6-4-3-5-7-8;2*1-10(2,11-8-12)9-6-4-3-5-7-9;1-10(2,9(11)12)8-6-4-3-5-7-8;5-3(10)2-4(9-6)8-1-7-2/h3-8H,1-2H3,(H2,15,21);3*3-7H,1-2H3;3-7H,1-2H3,(H,11,12);1,6H,(H2,5,10)(H,7,8). The van der Waals surface area contributed by atoms with Gasteiger partial charge in [-0.2, -0.15) is 14.7 Å². The number of aromatic nitrogens is 7. The highest BCUT2D eigenvalue weighted by Gasteiger charge is 2.30. The zero-order valence-corrected chi connectivity index (χ0v) is 46.7. The molecule has 3 heterocycles. The van der Waals surface area contributed by atoms with Crippen LogP contribution in [0.15, 0.2) is 184 Å². The number of imidazole rings is 2. The quantitative estimate of drug-likeness (QED) is 0.0312. The van der Waals surface area contributed by atoms with Gasteiger partial charge in [0.05, 0.1) is 33.8 Å². The van der Waals surface area contributed by atoms with Gasteiger partial charge < -0.3 is 21.6 Å². The van der Waals surface area contributed by atoms with E-state index in [0.29, 0.717) is 0 Å². The van der Waals surface area contributed by atoms with Crippen LogP contribution in [0.3, 0.4) is 0 Å². The van der Waals surface area contributed by atoms with Gasteiger partial charge in [0.1, 0.15) is 6.33 Å². The molecule has 0 saturated carbocycles. The second-order valence-electron chi connectivity index (χ2n) is 19.8. The van der Waals surface area contributed by atoms with Crippen LogP contribution < -0.4 is 17.2 Å². The normalized spacial score (nSPS) is 10.9. The number of hydrogen-bond donors (Lipinski definition) is 5. The Bertz CT molecular complexity index is 3250. The minimum absolute atomic E-state index is 0.0208. The number of primary amides is 2. The Balaban J connectivity index is 0.000000259. The number of hydrogen-bond acceptors (Lipinski definition) is 15. The van der Waals surface area contributed by atoms with E-state index < -0.39 is 50.9 Å². The summed E-state index contributed by atoms with van der Waals surface area (Å²) in [5.41, 5.74) is 17.9. The minimum atomic E-state index is -0.797. The van der Waals surface area contributed by atoms with Gasteiger partial charge in [0, 0.05) is 0 Å². The van der Waals surface area contributed by atoms with Crippen LogP contribution in [0.25, 0.3) is 5.65 Å². The van der Waals surface area contributed by atoms with Gasteiger partial charge in [-0.1, -0.05) is 157 Å². The second kappa shape index (κ2) is 29.2. The van der Waals surface area contributed by atoms with Gasteiger partial charge in [-0.05, 0) is 109 Å². The third-order valence-corrected chi connectivity index (χ3v) is 12.7. The molecule has 22 heteroatoms. The molecule has 0 radical (unpaired) electrons. The number of fused-ring (bicyclic) bond motifs is 1. The number of nitrogens with two attached hydrogens (primary N) is 2. The van der Waals surface area contributed by atoms with Crippen molar-refractivity contribution in [1.29, 1.82) is 5.53 Å². The van der Waals surface area contributed by atoms with Crippen LogP contribution in [0.4, 0.5) is 5.82 Å². The van der Waals surface area contributed by atoms with E-state index in [1.165, 1.54) is 17.3 Å². The number of nitrogens with zero attached hydrogens (tertiary/aromatic N) is 9. The predicted octanol–water partition coefficient (Wildman–Crippen LogP) is 9.63. The molecule has 0 aliphatic heterocycles. The first-order chi connectivity index (χ1) is 37.6. The smallest absolute Gasteiger partial charge is 0.353 e. The van der Waals surface area contributed by atoms with Gasteiger partial charge in [0.25, 0.3) is 11.8 Å². The van der Waals surface area contributed by atoms with Crippen molar-refractivity contribution >= 4 is 58.3 Å². The van der Waals surface area contributed by atoms with Gasteiger partial charge in [0.15, 0.2) is 17.0 Å². The lowest BCUT2D eigenvalue weighted by Gasteiger charge is -2.25. The van der Waals surface area contributed by atoms with Gasteiger partial charge in [0.2, 0.25) is 23.2 Å². The maximum atomic E-state index is 12.6. The number of halogens is 1. The molecule has 7 N–H and O–H groups in total. The highest BCUT2D eigenvalue weighted by atomic mass is 35.5. The van der Waals surface area contributed by atoms with E-state index >= 15 is 0 Å². The molecule has 0 spiro atoms. The Morgan fingerprint density at radius 2 is 0.988 bits per heavy atom. The van der Waals surface area contributed by atoms with E-state index in [0.717, 1.165) is 32.2 Å². The van der Waals surface area contributed by atoms with Crippen LogP contribution in [-0.2, 0) is 46.6 Å². The Labute approximate surface area is 467 Å². The third-order valence-electron chi connectivity index (χ3n) is 12.2. The highest BCUT2D eigenvalue weighted by molar-refractivity contribution is 6.65. The zero-order valence-electron chi connectivity index (χ0n) is 46.0. The highest BCUT2D eigenvalue weighted by Crippen LogP contribution is 2.27. The van der Waals surface area contributed by atoms with E-state index in [1.54, 1.807) is 26.0 Å². The molecule has 0 fully saturated rings. The van der Waals surface area contributed by atoms with Crippen molar-refractivity contribution in [2.45, 2.75) is 96.7 Å². The number of H-pyrrole nitrogens is 1. The number of carbonyl (C=O) groups excluding carboxylic acids is 5. The lowest BCUT2D eigenvalue weighted by molar-refractivity contribution is -0.142. The van der Waals surface area contributed by atoms with E-state index in [2.05, 4.69) is 40.4 Å². The molecule has 80 heavy (non-hydrogen) atoms. The fourth-order valence-corrected chi connectivity index (χ4v) is 6.96. The molecule has 0 atom stereocenters. The van der Waals surface area contributed by atoms with Crippen LogP contribution >= 0.6 is 11.6 Å². The van der Waals surface area contributed by atoms with E-state index in [1.807, 2.05) is 207 Å². The number of carbonyl (C=O) groups is 4. The van der Waals surface area contributed by atoms with Crippen molar-refractivity contribution in [3.05, 3.63) is 214 Å². The number of nitrogens with one attached hydrogen (secondary N) is 2. The summed E-state index contributed by atoms with van der Waals surface area (Å²) >= 11 is 5.47. The summed E-state index contributed by atoms with van der Waals surface area (Å²) in [6.45, 7) is 18.3. The molecule has 0 unspecified atom stereocenters. The number of carboxylic acids is 1. The molecule has 5 aromatic carbocycles. The Morgan fingerprint density at radius 1 is 0.600 bits per heavy atom. The van der Waals surface area contributed by atoms with E-state index in [-0.39, 0.29) is 28.1 Å². The number of isocyanates is 2. The fraction of sp³-hybridized carbons (Fsp3) is 0.259. The summed E-state index contributed by atoms with van der Waals surface area (Å²) in [4.78, 5) is 93.7. The minimum Gasteiger partial charge on any atom is -0.481 e. The van der Waals surface area contributed by atoms with Crippen molar-refractivity contribution in [1.82, 2.24) is 34.3 Å². The number of aromatic amines is 1. The summed E-state index contributed by atoms with van der Waals surface area (Å²) < 4.78 is 2.42. The van der Waals surface area contributed by atoms with Crippen molar-refractivity contribution in [2.24, 2.45) is 26.6 Å². The topological polar surface area (TPSA) is 329 Å². The maximum absolute atomic E-state index is 12.6. The summed E-state index contributed by atoms with van der Waals surface area (Å²) in [6, 6.07) is 47.6. The van der Waals surface area contributed by atoms with Gasteiger partial charge >= 0.3 is 11.7 Å². The van der Waals surface area contributed by atoms with Crippen LogP contribution in [0.5, 0.6) is 0 Å². The van der Waals surface area contributed by atoms with Crippen molar-refractivity contribution < 1.29 is 33.9 Å². The molecule has 0 bridgehead atoms. The van der Waals surface area contributed by atoms with Crippen LogP contribution in [-0.4, -0.2) is 74.6 Å². The van der Waals surface area contributed by atoms with Crippen molar-refractivity contribution in [3.63, 3.8) is 0 Å². The Morgan fingerprint density at radius 3 is 1.32 bits per heavy atom. The lowest BCUT2D eigenvalue weighted by atomic mass is 9.85. The van der Waals surface area contributed by atoms with Crippen LogP contribution in [0.1, 0.15) is 118 Å². The largest absolute Gasteiger partial charge is 0.481 e. The molecule has 21 nitrogen and oxygen atoms in total. The summed E-state index contributed by atoms with van der Waals surface area (Å²) in [5, 5.41) is 19.4. The zero-order chi connectivity index (χ0) is 59.9. The summed E-state index contributed by atoms with van der Waals surface area (Å²) in [6.07, 6.45) is 5.65. The van der Waals surface area contributed by atoms with Crippen molar-refractivity contribution in [3.8, 4) is 0 Å². The molecule has 0 saturated heterocycles. The summed E-state index contributed by atoms with van der Waals surface area (Å²) in [5.74, 6) is -2.19. The molecule has 8 aromatic rings. The average Bonchev–Trinajstić information content (AvgIpc) is 4.15. The van der Waals surface area contributed by atoms with Crippen LogP contribution in [0, 0.1) is 5.53 Å². The predicted molar refractivity (Wildman–Crippen MR) is 303 cm³/mol. The lowest BCUT2D eigenvalue weighted by Crippen LogP contribution is -2.42. The molecule has 8 rings (SSSR count). The monoisotopic (exact) mass is 1110 g/mol. The third kappa shape index (κ3) is 17.7. The molecular formula is C58H64ClN13O8. The Hall–Kier alpha value is -9.68. The van der Waals surface area contributed by atoms with Gasteiger partial charge in [-0.15, -0.1) is 10.2 Å². The molecule has 0 aliphatic carbocycles. The number of benzene rings is 5. The number of aliphatic carboxylic acids is 1. The number of rotatable bonds is 13. The first-order valence-electron chi connectivity index (χ1n) is 24.3. The first kappa shape index (κ1) is 64.6. The average molecular weight is 1110 g/mol. The molecule has 0 aliphatic rings. The number of aliphatic imine (C=N–C) groups is 2. The van der Waals surface area contributed by atoms with Gasteiger partial charge in [-0.3, -0.25) is 19.2 Å². The van der Waals surface area contributed by atoms with Crippen LogP contribution in [0.2, 0.25) is 0 Å². The van der Waals surface area contributed by atoms with Gasteiger partial charge in [-0.25, -0.2) is 34.3 Å². The molecule has 2 amide bonds. The van der Waals surface area contributed by atoms with E-state index in [4.69, 9.17) is 33.7 Å². The Kier molecular flexibility index (Phi) is 23.6. The number of amides is 2. The summed E-state index contributed by atoms with van der Waals surface area (Å²) in [7, 11) is 0. The number of carboxylic acid groups (broad SMARTS) is 1. The maximum Gasteiger partial charge on any atom is 0.353 e. The molecular weight excluding hydrogens is 1040 g/mol. The fourth-order valence-electron chi connectivity index (χ4n) is 6.85. The van der Waals surface area contributed by atoms with Crippen molar-refractivity contribution in [2.75, 3.05) is 0 Å². The molecule has 416 valence electrons.